The van der Waals surface area contributed by atoms with Gasteiger partial charge in [-0.3, -0.25) is 4.21 Å². The van der Waals surface area contributed by atoms with E-state index >= 15 is 0 Å². The third-order valence-corrected chi connectivity index (χ3v) is 9.87. The number of hydrogen-bond donors (Lipinski definition) is 0. The molecular formula is C12H23NaO5SSi. The largest absolute Gasteiger partial charge is 1.00 e. The van der Waals surface area contributed by atoms with Crippen LogP contribution in [0.4, 0.5) is 0 Å². The van der Waals surface area contributed by atoms with Crippen LogP contribution >= 0.6 is 0 Å². The van der Waals surface area contributed by atoms with E-state index in [9.17, 15) is 8.76 Å². The normalized spacial score (nSPS) is 35.5. The van der Waals surface area contributed by atoms with Gasteiger partial charge in [0.25, 0.3) is 0 Å². The second-order valence-corrected chi connectivity index (χ2v) is 12.7. The van der Waals surface area contributed by atoms with Crippen LogP contribution in [0.5, 0.6) is 0 Å². The summed E-state index contributed by atoms with van der Waals surface area (Å²) in [5, 5.41) is -0.442. The molecule has 0 aromatic rings. The molecule has 20 heavy (non-hydrogen) atoms. The Kier molecular flexibility index (Phi) is 6.51. The monoisotopic (exact) mass is 330 g/mol. The first-order chi connectivity index (χ1) is 8.63. The molecular weight excluding hydrogens is 307 g/mol. The first kappa shape index (κ1) is 19.3. The number of ether oxygens (including phenoxy) is 2. The zero-order valence-electron chi connectivity index (χ0n) is 13.2. The predicted octanol–water partition coefficient (Wildman–Crippen LogP) is -1.57. The van der Waals surface area contributed by atoms with Crippen molar-refractivity contribution in [2.75, 3.05) is 13.2 Å². The number of hydrogen-bond acceptors (Lipinski definition) is 5. The molecule has 0 N–H and O–H groups in total. The van der Waals surface area contributed by atoms with E-state index in [-0.39, 0.29) is 59.5 Å². The molecule has 0 aliphatic carbocycles. The summed E-state index contributed by atoms with van der Waals surface area (Å²) in [5.41, 5.74) is 0. The van der Waals surface area contributed by atoms with Crippen molar-refractivity contribution in [1.29, 1.82) is 0 Å². The summed E-state index contributed by atoms with van der Waals surface area (Å²) in [5.74, 6) is 0. The van der Waals surface area contributed by atoms with Crippen molar-refractivity contribution in [3.8, 4) is 0 Å². The maximum Gasteiger partial charge on any atom is 1.00 e. The second kappa shape index (κ2) is 6.76. The van der Waals surface area contributed by atoms with Gasteiger partial charge in [0.2, 0.25) is 0 Å². The summed E-state index contributed by atoms with van der Waals surface area (Å²) in [7, 11) is -1.89. The smallest absolute Gasteiger partial charge is 0.772 e. The first-order valence-corrected chi connectivity index (χ1v) is 10.7. The van der Waals surface area contributed by atoms with Gasteiger partial charge in [0.1, 0.15) is 12.2 Å². The van der Waals surface area contributed by atoms with Gasteiger partial charge in [0, 0.05) is 0 Å². The minimum Gasteiger partial charge on any atom is -0.772 e. The Balaban J connectivity index is 0.00000200. The Morgan fingerprint density at radius 1 is 1.20 bits per heavy atom. The molecule has 2 aliphatic rings. The average Bonchev–Trinajstić information content (AvgIpc) is 2.78. The van der Waals surface area contributed by atoms with Crippen LogP contribution in [-0.4, -0.2) is 53.9 Å². The zero-order chi connectivity index (χ0) is 14.4. The summed E-state index contributed by atoms with van der Waals surface area (Å²) < 4.78 is 39.7. The molecule has 1 unspecified atom stereocenters. The summed E-state index contributed by atoms with van der Waals surface area (Å²) >= 11 is -2.15. The van der Waals surface area contributed by atoms with Gasteiger partial charge < -0.3 is 18.5 Å². The third kappa shape index (κ3) is 3.75. The quantitative estimate of drug-likeness (QED) is 0.462. The van der Waals surface area contributed by atoms with Gasteiger partial charge in [0.05, 0.1) is 24.6 Å². The fourth-order valence-corrected chi connectivity index (χ4v) is 4.21. The SMILES string of the molecule is CC(C)(C)[Si](C)(C)O[C@@H]1CO[C@H]2[C@@H]1OC[C@H]2S(=O)[O-].[Na+]. The molecule has 0 aromatic heterocycles. The molecule has 2 saturated heterocycles. The van der Waals surface area contributed by atoms with Gasteiger partial charge in [0.15, 0.2) is 8.32 Å². The first-order valence-electron chi connectivity index (χ1n) is 6.62. The molecule has 2 aliphatic heterocycles. The molecule has 5 nitrogen and oxygen atoms in total. The standard InChI is InChI=1S/C12H24O5SSi.Na/c1-12(2,3)19(4,5)17-8-6-15-11-9(18(13)14)7-16-10(8)11;/h8-11H,6-7H2,1-5H3,(H,13,14);/q;+1/p-1/t8-,9-,10-,11-;/m1./s1. The topological polar surface area (TPSA) is 67.8 Å². The van der Waals surface area contributed by atoms with Crippen LogP contribution in [0.15, 0.2) is 0 Å². The van der Waals surface area contributed by atoms with Crippen LogP contribution in [0.1, 0.15) is 20.8 Å². The molecule has 0 aromatic carbocycles. The minimum atomic E-state index is -2.15. The fraction of sp³-hybridized carbons (Fsp3) is 1.00. The van der Waals surface area contributed by atoms with Crippen LogP contribution in [0, 0.1) is 0 Å². The molecule has 0 bridgehead atoms. The fourth-order valence-electron chi connectivity index (χ4n) is 2.25. The van der Waals surface area contributed by atoms with E-state index in [0.717, 1.165) is 0 Å². The molecule has 2 heterocycles. The van der Waals surface area contributed by atoms with Gasteiger partial charge in [-0.15, -0.1) is 0 Å². The Bertz CT molecular complexity index is 373. The summed E-state index contributed by atoms with van der Waals surface area (Å²) in [6, 6.07) is 0. The van der Waals surface area contributed by atoms with Crippen LogP contribution < -0.4 is 29.6 Å². The maximum atomic E-state index is 11.1. The van der Waals surface area contributed by atoms with Gasteiger partial charge in [-0.2, -0.15) is 0 Å². The van der Waals surface area contributed by atoms with Crippen molar-refractivity contribution in [3.63, 3.8) is 0 Å². The van der Waals surface area contributed by atoms with E-state index in [2.05, 4.69) is 33.9 Å². The predicted molar refractivity (Wildman–Crippen MR) is 74.3 cm³/mol. The van der Waals surface area contributed by atoms with E-state index in [0.29, 0.717) is 6.61 Å². The maximum absolute atomic E-state index is 11.1. The number of rotatable bonds is 3. The van der Waals surface area contributed by atoms with Crippen LogP contribution in [0.2, 0.25) is 18.1 Å². The van der Waals surface area contributed by atoms with Gasteiger partial charge in [-0.1, -0.05) is 20.8 Å². The van der Waals surface area contributed by atoms with Crippen LogP contribution in [-0.2, 0) is 25.0 Å². The molecule has 0 amide bonds. The molecule has 5 atom stereocenters. The van der Waals surface area contributed by atoms with Crippen molar-refractivity contribution in [3.05, 3.63) is 0 Å². The van der Waals surface area contributed by atoms with Crippen LogP contribution in [0.3, 0.4) is 0 Å². The zero-order valence-corrected chi connectivity index (χ0v) is 17.0. The molecule has 2 fully saturated rings. The minimum absolute atomic E-state index is 0. The Morgan fingerprint density at radius 2 is 1.75 bits per heavy atom. The molecule has 2 rings (SSSR count). The molecule has 112 valence electrons. The van der Waals surface area contributed by atoms with Gasteiger partial charge >= 0.3 is 29.6 Å². The van der Waals surface area contributed by atoms with E-state index in [1.54, 1.807) is 0 Å². The Labute approximate surface area is 146 Å². The summed E-state index contributed by atoms with van der Waals surface area (Å²) in [6.45, 7) is 11.5. The van der Waals surface area contributed by atoms with E-state index in [1.807, 2.05) is 0 Å². The van der Waals surface area contributed by atoms with Gasteiger partial charge in [-0.25, -0.2) is 0 Å². The third-order valence-electron chi connectivity index (χ3n) is 4.46. The van der Waals surface area contributed by atoms with Crippen molar-refractivity contribution in [2.45, 2.75) is 62.5 Å². The Morgan fingerprint density at radius 3 is 2.25 bits per heavy atom. The van der Waals surface area contributed by atoms with E-state index in [1.165, 1.54) is 0 Å². The second-order valence-electron chi connectivity index (χ2n) is 6.81. The molecule has 8 heteroatoms. The van der Waals surface area contributed by atoms with Crippen LogP contribution in [0.25, 0.3) is 0 Å². The summed E-state index contributed by atoms with van der Waals surface area (Å²) in [4.78, 5) is 0. The van der Waals surface area contributed by atoms with Crippen molar-refractivity contribution < 1.29 is 52.2 Å². The Hall–Kier alpha value is 1.21. The van der Waals surface area contributed by atoms with E-state index in [4.69, 9.17) is 13.9 Å². The summed E-state index contributed by atoms with van der Waals surface area (Å²) in [6.07, 6.45) is -0.746. The molecule has 0 saturated carbocycles. The van der Waals surface area contributed by atoms with Crippen molar-refractivity contribution in [2.24, 2.45) is 0 Å². The average molecular weight is 330 g/mol. The van der Waals surface area contributed by atoms with Gasteiger partial charge in [-0.05, 0) is 29.2 Å². The van der Waals surface area contributed by atoms with E-state index < -0.39 is 24.6 Å². The van der Waals surface area contributed by atoms with Crippen molar-refractivity contribution >= 4 is 19.4 Å². The number of fused-ring (bicyclic) bond motifs is 1. The van der Waals surface area contributed by atoms with Crippen molar-refractivity contribution in [1.82, 2.24) is 0 Å². The molecule has 0 spiro atoms. The molecule has 0 radical (unpaired) electrons.